The normalized spacial score (nSPS) is 16.4. The predicted octanol–water partition coefficient (Wildman–Crippen LogP) is 4.30. The molecule has 0 spiro atoms. The molecule has 0 bridgehead atoms. The number of methoxy groups -OCH3 is 2. The number of hydrogen-bond acceptors (Lipinski definition) is 6. The van der Waals surface area contributed by atoms with E-state index >= 15 is 0 Å². The Hall–Kier alpha value is -2.93. The maximum absolute atomic E-state index is 12.4. The fraction of sp³-hybridized carbons (Fsp3) is 0.238. The third kappa shape index (κ3) is 4.48. The van der Waals surface area contributed by atoms with Crippen molar-refractivity contribution in [2.75, 3.05) is 20.8 Å². The van der Waals surface area contributed by atoms with Gasteiger partial charge in [-0.15, -0.1) is 0 Å². The lowest BCUT2D eigenvalue weighted by molar-refractivity contribution is -0.115. The Morgan fingerprint density at radius 2 is 1.79 bits per heavy atom. The molecule has 0 aromatic heterocycles. The minimum absolute atomic E-state index is 0.177. The molecule has 0 aliphatic carbocycles. The molecule has 3 rings (SSSR count). The van der Waals surface area contributed by atoms with Crippen LogP contribution in [0.15, 0.2) is 46.3 Å². The molecule has 2 aromatic rings. The second kappa shape index (κ2) is 8.84. The van der Waals surface area contributed by atoms with Gasteiger partial charge < -0.3 is 19.5 Å². The van der Waals surface area contributed by atoms with Gasteiger partial charge in [0.15, 0.2) is 16.7 Å². The summed E-state index contributed by atoms with van der Waals surface area (Å²) in [6.45, 7) is 4.51. The molecule has 1 aliphatic rings. The van der Waals surface area contributed by atoms with Crippen molar-refractivity contribution < 1.29 is 19.0 Å². The average Bonchev–Trinajstić information content (AvgIpc) is 3.03. The van der Waals surface area contributed by atoms with Crippen LogP contribution in [0.4, 0.5) is 5.69 Å². The SMILES string of the molecule is CCOc1ccc(N=C2NC(=O)C(=Cc3cc(OC)c(OC)cc3C)S2)cc1. The van der Waals surface area contributed by atoms with Crippen molar-refractivity contribution >= 4 is 34.6 Å². The Labute approximate surface area is 168 Å². The molecule has 2 aromatic carbocycles. The Morgan fingerprint density at radius 3 is 2.43 bits per heavy atom. The standard InChI is InChI=1S/C21H22N2O4S/c1-5-27-16-8-6-15(7-9-16)22-21-23-20(24)19(28-21)12-14-11-18(26-4)17(25-3)10-13(14)2/h6-12H,5H2,1-4H3,(H,22,23,24). The molecule has 0 radical (unpaired) electrons. The quantitative estimate of drug-likeness (QED) is 0.735. The number of carbonyl (C=O) groups excluding carboxylic acids is 1. The number of carbonyl (C=O) groups is 1. The highest BCUT2D eigenvalue weighted by Crippen LogP contribution is 2.34. The van der Waals surface area contributed by atoms with Gasteiger partial charge in [0.05, 0.1) is 31.4 Å². The third-order valence-electron chi connectivity index (χ3n) is 4.09. The van der Waals surface area contributed by atoms with E-state index in [-0.39, 0.29) is 5.91 Å². The molecule has 1 amide bonds. The number of hydrogen-bond donors (Lipinski definition) is 1. The van der Waals surface area contributed by atoms with Crippen LogP contribution in [-0.2, 0) is 4.79 Å². The molecular formula is C21H22N2O4S. The zero-order chi connectivity index (χ0) is 20.1. The van der Waals surface area contributed by atoms with Crippen molar-refractivity contribution in [2.45, 2.75) is 13.8 Å². The minimum atomic E-state index is -0.177. The van der Waals surface area contributed by atoms with E-state index in [1.54, 1.807) is 14.2 Å². The molecule has 28 heavy (non-hydrogen) atoms. The lowest BCUT2D eigenvalue weighted by Gasteiger charge is -2.10. The van der Waals surface area contributed by atoms with Crippen LogP contribution in [0.2, 0.25) is 0 Å². The van der Waals surface area contributed by atoms with Gasteiger partial charge >= 0.3 is 0 Å². The van der Waals surface area contributed by atoms with Crippen LogP contribution in [-0.4, -0.2) is 31.9 Å². The largest absolute Gasteiger partial charge is 0.494 e. The van der Waals surface area contributed by atoms with E-state index in [1.807, 2.05) is 56.3 Å². The zero-order valence-electron chi connectivity index (χ0n) is 16.2. The summed E-state index contributed by atoms with van der Waals surface area (Å²) in [7, 11) is 3.18. The molecule has 6 nitrogen and oxygen atoms in total. The predicted molar refractivity (Wildman–Crippen MR) is 113 cm³/mol. The Balaban J connectivity index is 1.82. The van der Waals surface area contributed by atoms with Gasteiger partial charge in [0.2, 0.25) is 0 Å². The van der Waals surface area contributed by atoms with Gasteiger partial charge in [-0.25, -0.2) is 4.99 Å². The zero-order valence-corrected chi connectivity index (χ0v) is 17.1. The van der Waals surface area contributed by atoms with E-state index in [4.69, 9.17) is 14.2 Å². The van der Waals surface area contributed by atoms with E-state index in [1.165, 1.54) is 11.8 Å². The highest BCUT2D eigenvalue weighted by Gasteiger charge is 2.24. The third-order valence-corrected chi connectivity index (χ3v) is 5.00. The van der Waals surface area contributed by atoms with Crippen molar-refractivity contribution in [3.05, 3.63) is 52.4 Å². The molecule has 0 saturated carbocycles. The highest BCUT2D eigenvalue weighted by molar-refractivity contribution is 8.18. The van der Waals surface area contributed by atoms with Crippen LogP contribution in [0, 0.1) is 6.92 Å². The molecule has 1 N–H and O–H groups in total. The fourth-order valence-corrected chi connectivity index (χ4v) is 3.51. The monoisotopic (exact) mass is 398 g/mol. The molecule has 1 aliphatic heterocycles. The second-order valence-electron chi connectivity index (χ2n) is 5.97. The van der Waals surface area contributed by atoms with Crippen LogP contribution in [0.5, 0.6) is 17.2 Å². The molecule has 1 fully saturated rings. The number of aryl methyl sites for hydroxylation is 1. The van der Waals surface area contributed by atoms with E-state index < -0.39 is 0 Å². The molecule has 0 unspecified atom stereocenters. The maximum atomic E-state index is 12.4. The Morgan fingerprint density at radius 1 is 1.11 bits per heavy atom. The maximum Gasteiger partial charge on any atom is 0.264 e. The Bertz CT molecular complexity index is 936. The summed E-state index contributed by atoms with van der Waals surface area (Å²) >= 11 is 1.30. The van der Waals surface area contributed by atoms with Crippen LogP contribution >= 0.6 is 11.8 Å². The van der Waals surface area contributed by atoms with Gasteiger partial charge in [-0.1, -0.05) is 0 Å². The van der Waals surface area contributed by atoms with Gasteiger partial charge in [0, 0.05) is 0 Å². The topological polar surface area (TPSA) is 69.2 Å². The number of nitrogens with one attached hydrogen (secondary N) is 1. The fourth-order valence-electron chi connectivity index (χ4n) is 2.67. The van der Waals surface area contributed by atoms with E-state index in [9.17, 15) is 4.79 Å². The lowest BCUT2D eigenvalue weighted by Crippen LogP contribution is -2.19. The van der Waals surface area contributed by atoms with E-state index in [0.29, 0.717) is 28.2 Å². The first-order valence-electron chi connectivity index (χ1n) is 8.79. The van der Waals surface area contributed by atoms with Crippen molar-refractivity contribution in [3.8, 4) is 17.2 Å². The van der Waals surface area contributed by atoms with Crippen LogP contribution in [0.25, 0.3) is 6.08 Å². The number of amidine groups is 1. The van der Waals surface area contributed by atoms with Crippen molar-refractivity contribution in [1.29, 1.82) is 0 Å². The molecular weight excluding hydrogens is 376 g/mol. The number of ether oxygens (including phenoxy) is 3. The summed E-state index contributed by atoms with van der Waals surface area (Å²) in [5, 5.41) is 3.34. The van der Waals surface area contributed by atoms with Gasteiger partial charge in [-0.05, 0) is 79.2 Å². The second-order valence-corrected chi connectivity index (χ2v) is 7.00. The first-order valence-corrected chi connectivity index (χ1v) is 9.60. The van der Waals surface area contributed by atoms with Crippen molar-refractivity contribution in [3.63, 3.8) is 0 Å². The number of amides is 1. The molecule has 0 atom stereocenters. The number of aliphatic imine (C=N–C) groups is 1. The summed E-state index contributed by atoms with van der Waals surface area (Å²) in [4.78, 5) is 17.4. The molecule has 1 heterocycles. The lowest BCUT2D eigenvalue weighted by atomic mass is 10.1. The number of benzene rings is 2. The number of nitrogens with zero attached hydrogens (tertiary/aromatic N) is 1. The van der Waals surface area contributed by atoms with Gasteiger partial charge in [0.25, 0.3) is 5.91 Å². The summed E-state index contributed by atoms with van der Waals surface area (Å²) in [6, 6.07) is 11.2. The first kappa shape index (κ1) is 19.8. The average molecular weight is 398 g/mol. The minimum Gasteiger partial charge on any atom is -0.494 e. The van der Waals surface area contributed by atoms with Crippen LogP contribution < -0.4 is 19.5 Å². The Kier molecular flexibility index (Phi) is 6.26. The molecule has 7 heteroatoms. The van der Waals surface area contributed by atoms with Gasteiger partial charge in [-0.3, -0.25) is 4.79 Å². The summed E-state index contributed by atoms with van der Waals surface area (Å²) in [5.41, 5.74) is 2.61. The van der Waals surface area contributed by atoms with Gasteiger partial charge in [-0.2, -0.15) is 0 Å². The molecule has 146 valence electrons. The smallest absolute Gasteiger partial charge is 0.264 e. The van der Waals surface area contributed by atoms with Crippen LogP contribution in [0.1, 0.15) is 18.1 Å². The van der Waals surface area contributed by atoms with E-state index in [0.717, 1.165) is 22.6 Å². The van der Waals surface area contributed by atoms with E-state index in [2.05, 4.69) is 10.3 Å². The van der Waals surface area contributed by atoms with Crippen molar-refractivity contribution in [1.82, 2.24) is 5.32 Å². The summed E-state index contributed by atoms with van der Waals surface area (Å²) in [6.07, 6.45) is 1.83. The molecule has 1 saturated heterocycles. The van der Waals surface area contributed by atoms with Crippen molar-refractivity contribution in [2.24, 2.45) is 4.99 Å². The van der Waals surface area contributed by atoms with Gasteiger partial charge in [0.1, 0.15) is 5.75 Å². The summed E-state index contributed by atoms with van der Waals surface area (Å²) < 4.78 is 16.1. The summed E-state index contributed by atoms with van der Waals surface area (Å²) in [5.74, 6) is 1.89. The highest BCUT2D eigenvalue weighted by atomic mass is 32.2. The number of thioether (sulfide) groups is 1. The number of rotatable bonds is 6. The first-order chi connectivity index (χ1) is 13.5. The van der Waals surface area contributed by atoms with Crippen LogP contribution in [0.3, 0.4) is 0 Å².